The van der Waals surface area contributed by atoms with Crippen LogP contribution in [0.1, 0.15) is 17.8 Å². The predicted molar refractivity (Wildman–Crippen MR) is 75.2 cm³/mol. The lowest BCUT2D eigenvalue weighted by Gasteiger charge is -2.22. The summed E-state index contributed by atoms with van der Waals surface area (Å²) in [5.74, 6) is 0. The number of ether oxygens (including phenoxy) is 1. The van der Waals surface area contributed by atoms with Crippen molar-refractivity contribution in [3.05, 3.63) is 29.3 Å². The summed E-state index contributed by atoms with van der Waals surface area (Å²) in [6, 6.07) is 8.31. The lowest BCUT2D eigenvalue weighted by Crippen LogP contribution is -2.32. The molecular formula is C14H18N2OS. The van der Waals surface area contributed by atoms with Gasteiger partial charge in [0.1, 0.15) is 0 Å². The van der Waals surface area contributed by atoms with E-state index >= 15 is 0 Å². The van der Waals surface area contributed by atoms with Gasteiger partial charge in [-0.2, -0.15) is 0 Å². The molecule has 0 spiro atoms. The Balaban J connectivity index is 1.53. The summed E-state index contributed by atoms with van der Waals surface area (Å²) in [6.07, 6.45) is 3.66. The number of fused-ring (bicyclic) bond motifs is 1. The zero-order chi connectivity index (χ0) is 12.2. The van der Waals surface area contributed by atoms with Gasteiger partial charge in [-0.3, -0.25) is 0 Å². The zero-order valence-corrected chi connectivity index (χ0v) is 11.2. The molecule has 2 heterocycles. The molecule has 0 radical (unpaired) electrons. The second-order valence-corrected chi connectivity index (χ2v) is 5.76. The van der Waals surface area contributed by atoms with Crippen molar-refractivity contribution in [2.45, 2.75) is 25.4 Å². The van der Waals surface area contributed by atoms with Crippen LogP contribution in [0.15, 0.2) is 24.3 Å². The molecule has 3 nitrogen and oxygen atoms in total. The molecule has 4 heteroatoms. The van der Waals surface area contributed by atoms with Gasteiger partial charge in [0.25, 0.3) is 0 Å². The van der Waals surface area contributed by atoms with E-state index in [1.165, 1.54) is 9.71 Å². The topological polar surface area (TPSA) is 34.1 Å². The molecule has 0 unspecified atom stereocenters. The van der Waals surface area contributed by atoms with Gasteiger partial charge in [0, 0.05) is 6.42 Å². The molecule has 0 bridgehead atoms. The van der Waals surface area contributed by atoms with E-state index in [1.54, 1.807) is 11.3 Å². The Morgan fingerprint density at radius 3 is 2.94 bits per heavy atom. The first-order valence-corrected chi connectivity index (χ1v) is 7.40. The minimum Gasteiger partial charge on any atom is -0.378 e. The number of benzene rings is 1. The van der Waals surface area contributed by atoms with Crippen LogP contribution in [0.25, 0.3) is 10.2 Å². The van der Waals surface area contributed by atoms with E-state index in [2.05, 4.69) is 28.5 Å². The second kappa shape index (κ2) is 5.78. The van der Waals surface area contributed by atoms with Gasteiger partial charge in [-0.1, -0.05) is 12.1 Å². The van der Waals surface area contributed by atoms with Crippen LogP contribution in [0.3, 0.4) is 0 Å². The summed E-state index contributed by atoms with van der Waals surface area (Å²) in [4.78, 5) is 4.62. The number of hydrogen-bond acceptors (Lipinski definition) is 4. The van der Waals surface area contributed by atoms with Crippen LogP contribution >= 0.6 is 11.3 Å². The predicted octanol–water partition coefficient (Wildman–Crippen LogP) is 2.61. The number of piperidine rings is 1. The van der Waals surface area contributed by atoms with Crippen molar-refractivity contribution in [2.24, 2.45) is 0 Å². The standard InChI is InChI=1S/C14H18N2OS/c1-2-4-13-12(3-1)16-14(18-13)7-10-17-11-5-8-15-9-6-11/h1-4,11,15H,5-10H2. The van der Waals surface area contributed by atoms with Crippen LogP contribution in [0.2, 0.25) is 0 Å². The number of aromatic nitrogens is 1. The van der Waals surface area contributed by atoms with E-state index in [9.17, 15) is 0 Å². The zero-order valence-electron chi connectivity index (χ0n) is 10.4. The molecule has 1 aliphatic rings. The average molecular weight is 262 g/mol. The average Bonchev–Trinajstić information content (AvgIpc) is 2.82. The van der Waals surface area contributed by atoms with Gasteiger partial charge < -0.3 is 10.1 Å². The van der Waals surface area contributed by atoms with Crippen LogP contribution in [-0.2, 0) is 11.2 Å². The Morgan fingerprint density at radius 1 is 1.28 bits per heavy atom. The molecule has 1 aromatic heterocycles. The first kappa shape index (κ1) is 12.1. The van der Waals surface area contributed by atoms with E-state index in [1.807, 2.05) is 6.07 Å². The van der Waals surface area contributed by atoms with Crippen molar-refractivity contribution in [3.8, 4) is 0 Å². The maximum atomic E-state index is 5.91. The number of hydrogen-bond donors (Lipinski definition) is 1. The highest BCUT2D eigenvalue weighted by Crippen LogP contribution is 2.22. The van der Waals surface area contributed by atoms with Gasteiger partial charge in [-0.25, -0.2) is 4.98 Å². The Bertz CT molecular complexity index is 472. The third-order valence-electron chi connectivity index (χ3n) is 3.29. The minimum absolute atomic E-state index is 0.445. The van der Waals surface area contributed by atoms with Crippen LogP contribution in [0, 0.1) is 0 Å². The van der Waals surface area contributed by atoms with Crippen LogP contribution in [0.4, 0.5) is 0 Å². The van der Waals surface area contributed by atoms with Gasteiger partial charge in [-0.15, -0.1) is 11.3 Å². The van der Waals surface area contributed by atoms with Crippen molar-refractivity contribution in [2.75, 3.05) is 19.7 Å². The molecule has 1 saturated heterocycles. The van der Waals surface area contributed by atoms with Crippen molar-refractivity contribution >= 4 is 21.6 Å². The van der Waals surface area contributed by atoms with E-state index in [4.69, 9.17) is 4.74 Å². The van der Waals surface area contributed by atoms with Crippen molar-refractivity contribution in [1.82, 2.24) is 10.3 Å². The largest absolute Gasteiger partial charge is 0.378 e. The third kappa shape index (κ3) is 2.88. The van der Waals surface area contributed by atoms with Gasteiger partial charge in [0.15, 0.2) is 0 Å². The molecular weight excluding hydrogens is 244 g/mol. The smallest absolute Gasteiger partial charge is 0.0961 e. The Kier molecular flexibility index (Phi) is 3.88. The van der Waals surface area contributed by atoms with Crippen molar-refractivity contribution in [1.29, 1.82) is 0 Å². The van der Waals surface area contributed by atoms with Gasteiger partial charge in [0.2, 0.25) is 0 Å². The fourth-order valence-electron chi connectivity index (χ4n) is 2.30. The van der Waals surface area contributed by atoms with Crippen molar-refractivity contribution in [3.63, 3.8) is 0 Å². The number of rotatable bonds is 4. The third-order valence-corrected chi connectivity index (χ3v) is 4.39. The number of nitrogens with zero attached hydrogens (tertiary/aromatic N) is 1. The number of nitrogens with one attached hydrogen (secondary N) is 1. The molecule has 3 rings (SSSR count). The maximum Gasteiger partial charge on any atom is 0.0961 e. The SMILES string of the molecule is c1ccc2sc(CCOC3CCNCC3)nc2c1. The molecule has 1 N–H and O–H groups in total. The van der Waals surface area contributed by atoms with Gasteiger partial charge in [-0.05, 0) is 38.1 Å². The Morgan fingerprint density at radius 2 is 2.11 bits per heavy atom. The van der Waals surface area contributed by atoms with Crippen LogP contribution in [0.5, 0.6) is 0 Å². The highest BCUT2D eigenvalue weighted by atomic mass is 32.1. The summed E-state index contributed by atoms with van der Waals surface area (Å²) in [6.45, 7) is 2.97. The van der Waals surface area contributed by atoms with Crippen LogP contribution in [-0.4, -0.2) is 30.8 Å². The van der Waals surface area contributed by atoms with Crippen LogP contribution < -0.4 is 5.32 Å². The lowest BCUT2D eigenvalue weighted by molar-refractivity contribution is 0.0349. The fraction of sp³-hybridized carbons (Fsp3) is 0.500. The fourth-order valence-corrected chi connectivity index (χ4v) is 3.25. The molecule has 2 aromatic rings. The molecule has 96 valence electrons. The molecule has 0 aliphatic carbocycles. The summed E-state index contributed by atoms with van der Waals surface area (Å²) in [7, 11) is 0. The molecule has 18 heavy (non-hydrogen) atoms. The molecule has 1 fully saturated rings. The molecule has 0 amide bonds. The first-order chi connectivity index (χ1) is 8.92. The van der Waals surface area contributed by atoms with Crippen molar-refractivity contribution < 1.29 is 4.74 Å². The van der Waals surface area contributed by atoms with Gasteiger partial charge in [0.05, 0.1) is 27.9 Å². The first-order valence-electron chi connectivity index (χ1n) is 6.58. The molecule has 0 saturated carbocycles. The summed E-state index contributed by atoms with van der Waals surface area (Å²) in [5.41, 5.74) is 1.11. The molecule has 1 aliphatic heterocycles. The Hall–Kier alpha value is -0.970. The Labute approximate surface area is 111 Å². The normalized spacial score (nSPS) is 17.3. The van der Waals surface area contributed by atoms with Gasteiger partial charge >= 0.3 is 0 Å². The highest BCUT2D eigenvalue weighted by molar-refractivity contribution is 7.18. The molecule has 0 atom stereocenters. The van der Waals surface area contributed by atoms with E-state index < -0.39 is 0 Å². The summed E-state index contributed by atoms with van der Waals surface area (Å²) < 4.78 is 7.18. The summed E-state index contributed by atoms with van der Waals surface area (Å²) in [5, 5.41) is 4.54. The summed E-state index contributed by atoms with van der Waals surface area (Å²) >= 11 is 1.78. The quantitative estimate of drug-likeness (QED) is 0.919. The van der Waals surface area contributed by atoms with E-state index in [0.717, 1.165) is 44.5 Å². The molecule has 1 aromatic carbocycles. The number of para-hydroxylation sites is 1. The lowest BCUT2D eigenvalue weighted by atomic mass is 10.1. The number of thiazole rings is 1. The van der Waals surface area contributed by atoms with E-state index in [-0.39, 0.29) is 0 Å². The second-order valence-electron chi connectivity index (χ2n) is 4.65. The monoisotopic (exact) mass is 262 g/mol. The highest BCUT2D eigenvalue weighted by Gasteiger charge is 2.13. The maximum absolute atomic E-state index is 5.91. The minimum atomic E-state index is 0.445. The van der Waals surface area contributed by atoms with E-state index in [0.29, 0.717) is 6.10 Å².